The summed E-state index contributed by atoms with van der Waals surface area (Å²) in [4.78, 5) is 29.5. The Morgan fingerprint density at radius 1 is 0.851 bits per heavy atom. The van der Waals surface area contributed by atoms with Crippen LogP contribution in [0.5, 0.6) is 0 Å². The highest BCUT2D eigenvalue weighted by Crippen LogP contribution is 2.43. The minimum absolute atomic E-state index is 0.133. The molecular formula is C36H35F2N3O6. The summed E-state index contributed by atoms with van der Waals surface area (Å²) in [5.74, 6) is -2.10. The summed E-state index contributed by atoms with van der Waals surface area (Å²) in [5.41, 5.74) is 4.40. The number of nitrogens with one attached hydrogen (secondary N) is 1. The summed E-state index contributed by atoms with van der Waals surface area (Å²) in [5, 5.41) is 32.9. The monoisotopic (exact) mass is 643 g/mol. The highest BCUT2D eigenvalue weighted by Gasteiger charge is 2.31. The lowest BCUT2D eigenvalue weighted by molar-refractivity contribution is -0.139. The van der Waals surface area contributed by atoms with E-state index < -0.39 is 42.1 Å². The number of carboxylic acids is 1. The van der Waals surface area contributed by atoms with E-state index in [2.05, 4.69) is 10.3 Å². The van der Waals surface area contributed by atoms with Gasteiger partial charge in [-0.05, 0) is 92.8 Å². The highest BCUT2D eigenvalue weighted by molar-refractivity contribution is 6.11. The number of oxazole rings is 1. The molecular weight excluding hydrogens is 608 g/mol. The van der Waals surface area contributed by atoms with E-state index in [0.717, 1.165) is 5.56 Å². The van der Waals surface area contributed by atoms with Gasteiger partial charge in [0.2, 0.25) is 5.89 Å². The predicted octanol–water partition coefficient (Wildman–Crippen LogP) is 7.11. The molecule has 0 aliphatic carbocycles. The number of amides is 1. The minimum atomic E-state index is -1.23. The van der Waals surface area contributed by atoms with Crippen LogP contribution in [0.25, 0.3) is 33.7 Å². The molecule has 9 nitrogen and oxygen atoms in total. The molecule has 0 bridgehead atoms. The number of aliphatic hydroxyl groups is 2. The third kappa shape index (κ3) is 7.82. The van der Waals surface area contributed by atoms with Crippen molar-refractivity contribution in [3.63, 3.8) is 0 Å². The number of hydrogen-bond acceptors (Lipinski definition) is 6. The van der Waals surface area contributed by atoms with Gasteiger partial charge < -0.3 is 29.6 Å². The van der Waals surface area contributed by atoms with Crippen molar-refractivity contribution in [2.24, 2.45) is 0 Å². The maximum atomic E-state index is 14.3. The number of benzene rings is 3. The van der Waals surface area contributed by atoms with Gasteiger partial charge in [0, 0.05) is 34.1 Å². The van der Waals surface area contributed by atoms with Gasteiger partial charge in [0.1, 0.15) is 23.6 Å². The molecule has 0 aliphatic rings. The Morgan fingerprint density at radius 2 is 1.43 bits per heavy atom. The smallest absolute Gasteiger partial charge is 0.305 e. The zero-order valence-electron chi connectivity index (χ0n) is 25.9. The number of nitrogens with zero attached hydrogens (tertiary/aromatic N) is 2. The number of aromatic nitrogens is 2. The first-order chi connectivity index (χ1) is 22.5. The van der Waals surface area contributed by atoms with E-state index in [-0.39, 0.29) is 31.0 Å². The summed E-state index contributed by atoms with van der Waals surface area (Å²) in [6.07, 6.45) is 0.425. The van der Waals surface area contributed by atoms with Crippen molar-refractivity contribution < 1.29 is 38.1 Å². The topological polar surface area (TPSA) is 138 Å². The number of carbonyl (C=O) groups excluding carboxylic acids is 1. The summed E-state index contributed by atoms with van der Waals surface area (Å²) >= 11 is 0. The Balaban J connectivity index is 1.63. The molecule has 2 aromatic heterocycles. The number of anilines is 1. The van der Waals surface area contributed by atoms with E-state index in [4.69, 9.17) is 9.52 Å². The van der Waals surface area contributed by atoms with Crippen molar-refractivity contribution in [3.8, 4) is 33.7 Å². The van der Waals surface area contributed by atoms with Crippen LogP contribution in [0.4, 0.5) is 14.5 Å². The number of aliphatic carboxylic acids is 1. The maximum absolute atomic E-state index is 14.3. The largest absolute Gasteiger partial charge is 0.481 e. The Bertz CT molecular complexity index is 1820. The zero-order valence-corrected chi connectivity index (χ0v) is 25.9. The van der Waals surface area contributed by atoms with Crippen molar-refractivity contribution in [1.29, 1.82) is 0 Å². The first-order valence-electron chi connectivity index (χ1n) is 15.2. The van der Waals surface area contributed by atoms with Crippen molar-refractivity contribution >= 4 is 17.6 Å². The van der Waals surface area contributed by atoms with E-state index in [0.29, 0.717) is 39.5 Å². The quantitative estimate of drug-likeness (QED) is 0.107. The molecule has 1 amide bonds. The molecule has 0 saturated heterocycles. The normalized spacial score (nSPS) is 12.7. The van der Waals surface area contributed by atoms with Gasteiger partial charge in [-0.15, -0.1) is 0 Å². The van der Waals surface area contributed by atoms with Gasteiger partial charge in [-0.2, -0.15) is 0 Å². The molecule has 2 atom stereocenters. The molecule has 5 aromatic rings. The predicted molar refractivity (Wildman–Crippen MR) is 173 cm³/mol. The number of halogens is 2. The lowest BCUT2D eigenvalue weighted by Crippen LogP contribution is -2.22. The van der Waals surface area contributed by atoms with Gasteiger partial charge in [-0.1, -0.05) is 24.3 Å². The SMILES string of the molecule is CC(C)n1c(CC[C@@H](O)C[C@@H](O)CC(=O)O)c(-c2ccc(F)cc2)c(-c2ccc(F)cc2)c1C(=O)Nc1ccc(-c2ncco2)cc1. The van der Waals surface area contributed by atoms with Crippen molar-refractivity contribution in [2.45, 2.75) is 57.8 Å². The fourth-order valence-electron chi connectivity index (χ4n) is 5.77. The Hall–Kier alpha value is -5.13. The maximum Gasteiger partial charge on any atom is 0.305 e. The molecule has 5 rings (SSSR count). The summed E-state index contributed by atoms with van der Waals surface area (Å²) in [7, 11) is 0. The van der Waals surface area contributed by atoms with Crippen LogP contribution in [-0.2, 0) is 11.2 Å². The van der Waals surface area contributed by atoms with E-state index >= 15 is 0 Å². The lowest BCUT2D eigenvalue weighted by Gasteiger charge is -2.20. The van der Waals surface area contributed by atoms with Crippen LogP contribution < -0.4 is 5.32 Å². The second-order valence-corrected chi connectivity index (χ2v) is 11.6. The van der Waals surface area contributed by atoms with Gasteiger partial charge in [-0.25, -0.2) is 13.8 Å². The summed E-state index contributed by atoms with van der Waals surface area (Å²) in [6, 6.07) is 18.3. The number of hydrogen-bond donors (Lipinski definition) is 4. The molecule has 0 radical (unpaired) electrons. The number of aliphatic hydroxyl groups excluding tert-OH is 2. The Kier molecular flexibility index (Phi) is 10.3. The van der Waals surface area contributed by atoms with Crippen molar-refractivity contribution in [2.75, 3.05) is 5.32 Å². The molecule has 2 heterocycles. The molecule has 47 heavy (non-hydrogen) atoms. The van der Waals surface area contributed by atoms with Crippen LogP contribution in [0.1, 0.15) is 55.3 Å². The first-order valence-corrected chi connectivity index (χ1v) is 15.2. The van der Waals surface area contributed by atoms with Gasteiger partial charge in [0.05, 0.1) is 24.8 Å². The average molecular weight is 644 g/mol. The first kappa shape index (κ1) is 33.2. The molecule has 0 fully saturated rings. The van der Waals surface area contributed by atoms with Gasteiger partial charge >= 0.3 is 5.97 Å². The fraction of sp³-hybridized carbons (Fsp3) is 0.250. The highest BCUT2D eigenvalue weighted by atomic mass is 19.1. The number of carboxylic acid groups (broad SMARTS) is 1. The second kappa shape index (κ2) is 14.5. The van der Waals surface area contributed by atoms with Crippen LogP contribution in [-0.4, -0.2) is 49.0 Å². The molecule has 0 spiro atoms. The summed E-state index contributed by atoms with van der Waals surface area (Å²) in [6.45, 7) is 3.81. The molecule has 3 aromatic carbocycles. The van der Waals surface area contributed by atoms with E-state index in [1.165, 1.54) is 36.7 Å². The van der Waals surface area contributed by atoms with E-state index in [1.807, 2.05) is 18.4 Å². The number of rotatable bonds is 13. The lowest BCUT2D eigenvalue weighted by atomic mass is 9.92. The number of carbonyl (C=O) groups is 2. The Labute approximate surface area is 270 Å². The Morgan fingerprint density at radius 3 is 1.96 bits per heavy atom. The second-order valence-electron chi connectivity index (χ2n) is 11.6. The zero-order chi connectivity index (χ0) is 33.7. The molecule has 11 heteroatoms. The fourth-order valence-corrected chi connectivity index (χ4v) is 5.77. The third-order valence-electron chi connectivity index (χ3n) is 7.80. The molecule has 0 unspecified atom stereocenters. The molecule has 0 aliphatic heterocycles. The van der Waals surface area contributed by atoms with Gasteiger partial charge in [-0.3, -0.25) is 9.59 Å². The van der Waals surface area contributed by atoms with Gasteiger partial charge in [0.25, 0.3) is 5.91 Å². The minimum Gasteiger partial charge on any atom is -0.481 e. The van der Waals surface area contributed by atoms with Crippen LogP contribution in [0.15, 0.2) is 89.7 Å². The third-order valence-corrected chi connectivity index (χ3v) is 7.80. The molecule has 0 saturated carbocycles. The van der Waals surface area contributed by atoms with Crippen molar-refractivity contribution in [3.05, 3.63) is 108 Å². The van der Waals surface area contributed by atoms with Gasteiger partial charge in [0.15, 0.2) is 0 Å². The van der Waals surface area contributed by atoms with Crippen LogP contribution in [0, 0.1) is 11.6 Å². The van der Waals surface area contributed by atoms with E-state index in [9.17, 15) is 28.6 Å². The van der Waals surface area contributed by atoms with E-state index in [1.54, 1.807) is 48.5 Å². The molecule has 4 N–H and O–H groups in total. The van der Waals surface area contributed by atoms with Crippen molar-refractivity contribution in [1.82, 2.24) is 9.55 Å². The van der Waals surface area contributed by atoms with Crippen LogP contribution >= 0.6 is 0 Å². The molecule has 244 valence electrons. The van der Waals surface area contributed by atoms with Crippen LogP contribution in [0.3, 0.4) is 0 Å². The standard InChI is InChI=1S/C36H35F2N3O6/c1-21(2)41-30(16-15-28(42)19-29(43)20-31(44)45)32(22-3-9-25(37)10-4-22)33(23-5-11-26(38)12-6-23)34(41)35(46)40-27-13-7-24(8-14-27)36-39-17-18-47-36/h3-14,17-18,21,28-29,42-43H,15-16,19-20H2,1-2H3,(H,40,46)(H,44,45)/t28-,29-/m1/s1. The van der Waals surface area contributed by atoms with Crippen LogP contribution in [0.2, 0.25) is 0 Å². The summed E-state index contributed by atoms with van der Waals surface area (Å²) < 4.78 is 35.5. The average Bonchev–Trinajstić information content (AvgIpc) is 3.68.